The number of carbonyl (C=O) groups is 3. The number of benzene rings is 1. The third-order valence-corrected chi connectivity index (χ3v) is 5.46. The van der Waals surface area contributed by atoms with Gasteiger partial charge in [-0.05, 0) is 44.2 Å². The summed E-state index contributed by atoms with van der Waals surface area (Å²) in [5.41, 5.74) is -0.587. The number of hydrogen-bond donors (Lipinski definition) is 3. The molecule has 1 aromatic carbocycles. The fourth-order valence-electron chi connectivity index (χ4n) is 3.60. The van der Waals surface area contributed by atoms with Gasteiger partial charge in [0.15, 0.2) is 0 Å². The Morgan fingerprint density at radius 3 is 1.72 bits per heavy atom. The lowest BCUT2D eigenvalue weighted by Gasteiger charge is -2.11. The Morgan fingerprint density at radius 2 is 1.22 bits per heavy atom. The number of amides is 1. The van der Waals surface area contributed by atoms with E-state index < -0.39 is 11.9 Å². The second-order valence-electron chi connectivity index (χ2n) is 8.22. The van der Waals surface area contributed by atoms with Crippen molar-refractivity contribution in [2.75, 3.05) is 5.32 Å². The first-order valence-electron chi connectivity index (χ1n) is 12.0. The van der Waals surface area contributed by atoms with E-state index in [2.05, 4.69) is 24.4 Å². The van der Waals surface area contributed by atoms with Crippen molar-refractivity contribution in [3.8, 4) is 0 Å². The molecule has 1 aromatic rings. The van der Waals surface area contributed by atoms with Crippen LogP contribution in [0.25, 0.3) is 0 Å². The number of aromatic carboxylic acids is 2. The van der Waals surface area contributed by atoms with Gasteiger partial charge in [0, 0.05) is 6.42 Å². The molecule has 1 rings (SSSR count). The molecule has 3 N–H and O–H groups in total. The van der Waals surface area contributed by atoms with E-state index in [0.29, 0.717) is 6.42 Å². The maximum absolute atomic E-state index is 12.2. The highest BCUT2D eigenvalue weighted by atomic mass is 16.4. The quantitative estimate of drug-likeness (QED) is 0.166. The van der Waals surface area contributed by atoms with E-state index in [1.165, 1.54) is 63.1 Å². The van der Waals surface area contributed by atoms with E-state index in [0.717, 1.165) is 32.1 Å². The van der Waals surface area contributed by atoms with E-state index in [-0.39, 0.29) is 29.1 Å². The van der Waals surface area contributed by atoms with Crippen LogP contribution in [0.1, 0.15) is 118 Å². The van der Waals surface area contributed by atoms with Crippen LogP contribution in [0.3, 0.4) is 0 Å². The predicted octanol–water partition coefficient (Wildman–Crippen LogP) is 7.06. The number of allylic oxidation sites excluding steroid dienone is 2. The maximum atomic E-state index is 12.2. The first-order chi connectivity index (χ1) is 15.5. The average molecular weight is 446 g/mol. The first-order valence-corrected chi connectivity index (χ1v) is 12.0. The van der Waals surface area contributed by atoms with Gasteiger partial charge >= 0.3 is 11.9 Å². The van der Waals surface area contributed by atoms with Crippen molar-refractivity contribution >= 4 is 23.5 Å². The molecule has 0 aliphatic carbocycles. The van der Waals surface area contributed by atoms with Crippen molar-refractivity contribution in [1.82, 2.24) is 0 Å². The summed E-state index contributed by atoms with van der Waals surface area (Å²) in [6, 6.07) is 3.92. The summed E-state index contributed by atoms with van der Waals surface area (Å²) >= 11 is 0. The number of carboxylic acids is 2. The Morgan fingerprint density at radius 1 is 0.750 bits per heavy atom. The van der Waals surface area contributed by atoms with Crippen LogP contribution in [0.4, 0.5) is 5.69 Å². The number of carbonyl (C=O) groups excluding carboxylic acids is 1. The van der Waals surface area contributed by atoms with Crippen LogP contribution in [0.5, 0.6) is 0 Å². The highest BCUT2D eigenvalue weighted by molar-refractivity contribution is 6.07. The molecule has 0 aromatic heterocycles. The van der Waals surface area contributed by atoms with Gasteiger partial charge in [-0.1, -0.05) is 76.5 Å². The van der Waals surface area contributed by atoms with E-state index in [9.17, 15) is 24.6 Å². The van der Waals surface area contributed by atoms with Crippen molar-refractivity contribution in [3.05, 3.63) is 41.5 Å². The first kappa shape index (κ1) is 27.4. The van der Waals surface area contributed by atoms with Crippen LogP contribution in [-0.2, 0) is 4.79 Å². The van der Waals surface area contributed by atoms with Gasteiger partial charge in [-0.25, -0.2) is 9.59 Å². The fraction of sp³-hybridized carbons (Fsp3) is 0.577. The van der Waals surface area contributed by atoms with Crippen molar-refractivity contribution in [1.29, 1.82) is 0 Å². The molecule has 0 heterocycles. The summed E-state index contributed by atoms with van der Waals surface area (Å²) in [7, 11) is 0. The number of unbranched alkanes of at least 4 members (excludes halogenated alkanes) is 11. The zero-order valence-corrected chi connectivity index (χ0v) is 19.4. The van der Waals surface area contributed by atoms with Gasteiger partial charge in [-0.3, -0.25) is 4.79 Å². The van der Waals surface area contributed by atoms with Crippen molar-refractivity contribution in [2.24, 2.45) is 0 Å². The minimum Gasteiger partial charge on any atom is -0.478 e. The standard InChI is InChI=1S/C26H39NO5/c1-2-3-4-5-6-7-8-9-10-11-12-13-14-15-16-20-23(28)27-24-21(25(29)30)18-17-19-22(24)26(31)32/h9-10,17-19H,2-8,11-16,20H2,1H3,(H,27,28)(H,29,30)(H,31,32)/b10-9-. The summed E-state index contributed by atoms with van der Waals surface area (Å²) < 4.78 is 0. The normalized spacial score (nSPS) is 11.0. The minimum atomic E-state index is -1.27. The highest BCUT2D eigenvalue weighted by Gasteiger charge is 2.19. The zero-order chi connectivity index (χ0) is 23.6. The van der Waals surface area contributed by atoms with Crippen LogP contribution in [-0.4, -0.2) is 28.1 Å². The van der Waals surface area contributed by atoms with Crippen molar-refractivity contribution < 1.29 is 24.6 Å². The lowest BCUT2D eigenvalue weighted by atomic mass is 10.1. The summed E-state index contributed by atoms with van der Waals surface area (Å²) in [5.74, 6) is -2.91. The fourth-order valence-corrected chi connectivity index (χ4v) is 3.60. The molecule has 32 heavy (non-hydrogen) atoms. The molecule has 0 radical (unpaired) electrons. The van der Waals surface area contributed by atoms with E-state index in [4.69, 9.17) is 0 Å². The van der Waals surface area contributed by atoms with Gasteiger partial charge < -0.3 is 15.5 Å². The lowest BCUT2D eigenvalue weighted by molar-refractivity contribution is -0.116. The number of rotatable bonds is 18. The molecule has 178 valence electrons. The zero-order valence-electron chi connectivity index (χ0n) is 19.4. The molecule has 0 atom stereocenters. The molecule has 0 spiro atoms. The van der Waals surface area contributed by atoms with E-state index >= 15 is 0 Å². The molecule has 0 aliphatic heterocycles. The monoisotopic (exact) mass is 445 g/mol. The molecule has 1 amide bonds. The Kier molecular flexibility index (Phi) is 14.5. The molecule has 0 aliphatic rings. The third kappa shape index (κ3) is 11.7. The second kappa shape index (κ2) is 17.0. The number of nitrogens with one attached hydrogen (secondary N) is 1. The summed E-state index contributed by atoms with van der Waals surface area (Å²) in [5, 5.41) is 21.0. The number of para-hydroxylation sites is 1. The van der Waals surface area contributed by atoms with Crippen LogP contribution < -0.4 is 5.32 Å². The highest BCUT2D eigenvalue weighted by Crippen LogP contribution is 2.22. The Balaban J connectivity index is 2.16. The number of hydrogen-bond acceptors (Lipinski definition) is 3. The summed E-state index contributed by atoms with van der Waals surface area (Å²) in [6.07, 6.45) is 20.0. The minimum absolute atomic E-state index is 0.148. The van der Waals surface area contributed by atoms with Gasteiger partial charge in [0.25, 0.3) is 0 Å². The molecule has 0 saturated heterocycles. The average Bonchev–Trinajstić information content (AvgIpc) is 2.76. The molecule has 0 saturated carbocycles. The van der Waals surface area contributed by atoms with Crippen molar-refractivity contribution in [2.45, 2.75) is 96.8 Å². The summed E-state index contributed by atoms with van der Waals surface area (Å²) in [6.45, 7) is 2.24. The summed E-state index contributed by atoms with van der Waals surface area (Å²) in [4.78, 5) is 34.9. The Labute approximate surface area is 192 Å². The topological polar surface area (TPSA) is 104 Å². The van der Waals surface area contributed by atoms with Gasteiger partial charge in [-0.2, -0.15) is 0 Å². The number of carboxylic acid groups (broad SMARTS) is 2. The molecule has 6 nitrogen and oxygen atoms in total. The Bertz CT molecular complexity index is 709. The lowest BCUT2D eigenvalue weighted by Crippen LogP contribution is -2.17. The van der Waals surface area contributed by atoms with Gasteiger partial charge in [0.2, 0.25) is 5.91 Å². The molecular weight excluding hydrogens is 406 g/mol. The third-order valence-electron chi connectivity index (χ3n) is 5.46. The van der Waals surface area contributed by atoms with Crippen LogP contribution in [0.2, 0.25) is 0 Å². The predicted molar refractivity (Wildman–Crippen MR) is 128 cm³/mol. The van der Waals surface area contributed by atoms with Gasteiger partial charge in [-0.15, -0.1) is 0 Å². The molecule has 6 heteroatoms. The Hall–Kier alpha value is -2.63. The van der Waals surface area contributed by atoms with Crippen LogP contribution in [0, 0.1) is 0 Å². The molecule has 0 unspecified atom stereocenters. The van der Waals surface area contributed by atoms with E-state index in [1.807, 2.05) is 0 Å². The van der Waals surface area contributed by atoms with Gasteiger partial charge in [0.1, 0.15) is 0 Å². The van der Waals surface area contributed by atoms with Gasteiger partial charge in [0.05, 0.1) is 16.8 Å². The molecule has 0 bridgehead atoms. The number of anilines is 1. The molecule has 0 fully saturated rings. The second-order valence-corrected chi connectivity index (χ2v) is 8.22. The maximum Gasteiger partial charge on any atom is 0.337 e. The van der Waals surface area contributed by atoms with Crippen LogP contribution >= 0.6 is 0 Å². The largest absolute Gasteiger partial charge is 0.478 e. The van der Waals surface area contributed by atoms with Crippen molar-refractivity contribution in [3.63, 3.8) is 0 Å². The SMILES string of the molecule is CCCCCCCC/C=C\CCCCCCCC(=O)Nc1c(C(=O)O)cccc1C(=O)O. The molecular formula is C26H39NO5. The van der Waals surface area contributed by atoms with E-state index in [1.54, 1.807) is 0 Å². The van der Waals surface area contributed by atoms with Crippen LogP contribution in [0.15, 0.2) is 30.4 Å². The smallest absolute Gasteiger partial charge is 0.337 e.